The third kappa shape index (κ3) is 5.31. The minimum atomic E-state index is -0.203. The summed E-state index contributed by atoms with van der Waals surface area (Å²) in [7, 11) is 2.04. The summed E-state index contributed by atoms with van der Waals surface area (Å²) in [5.74, 6) is 5.76. The first-order chi connectivity index (χ1) is 10.2. The first-order valence-electron chi connectivity index (χ1n) is 6.79. The van der Waals surface area contributed by atoms with E-state index in [1.807, 2.05) is 25.2 Å². The Morgan fingerprint density at radius 3 is 2.62 bits per heavy atom. The van der Waals surface area contributed by atoms with Gasteiger partial charge in [0, 0.05) is 24.4 Å². The highest BCUT2D eigenvalue weighted by molar-refractivity contribution is 7.12. The summed E-state index contributed by atoms with van der Waals surface area (Å²) in [5.41, 5.74) is 1.10. The average Bonchev–Trinajstić information content (AvgIpc) is 2.89. The molecule has 110 valence electrons. The van der Waals surface area contributed by atoms with E-state index in [9.17, 15) is 4.39 Å². The third-order valence-corrected chi connectivity index (χ3v) is 3.89. The molecule has 1 aromatic carbocycles. The van der Waals surface area contributed by atoms with Crippen molar-refractivity contribution < 1.29 is 9.50 Å². The summed E-state index contributed by atoms with van der Waals surface area (Å²) in [4.78, 5) is 4.45. The maximum absolute atomic E-state index is 12.9. The number of aliphatic hydroxyl groups is 1. The van der Waals surface area contributed by atoms with Gasteiger partial charge in [0.2, 0.25) is 0 Å². The summed E-state index contributed by atoms with van der Waals surface area (Å²) in [6, 6.07) is 10.7. The summed E-state index contributed by atoms with van der Waals surface area (Å²) >= 11 is 1.67. The van der Waals surface area contributed by atoms with E-state index in [-0.39, 0.29) is 12.4 Å². The summed E-state index contributed by atoms with van der Waals surface area (Å²) in [5, 5.41) is 8.70. The molecule has 0 saturated carbocycles. The minimum Gasteiger partial charge on any atom is -0.395 e. The standard InChI is InChI=1S/C17H18FNOS/c1-19(12-14-5-7-15(18)8-6-14)13-17-10-9-16(21-17)4-2-3-11-20/h5-10,20H,3,11-13H2,1H3. The van der Waals surface area contributed by atoms with E-state index < -0.39 is 0 Å². The maximum Gasteiger partial charge on any atom is 0.123 e. The molecule has 0 aliphatic carbocycles. The molecule has 0 aliphatic rings. The summed E-state index contributed by atoms with van der Waals surface area (Å²) in [6.07, 6.45) is 0.512. The summed E-state index contributed by atoms with van der Waals surface area (Å²) < 4.78 is 12.9. The number of thiophene rings is 1. The highest BCUT2D eigenvalue weighted by Gasteiger charge is 2.04. The van der Waals surface area contributed by atoms with Gasteiger partial charge in [0.25, 0.3) is 0 Å². The van der Waals surface area contributed by atoms with Crippen LogP contribution in [0, 0.1) is 17.7 Å². The molecule has 0 spiro atoms. The van der Waals surface area contributed by atoms with Crippen LogP contribution in [-0.4, -0.2) is 23.7 Å². The molecule has 2 nitrogen and oxygen atoms in total. The second-order valence-electron chi connectivity index (χ2n) is 4.84. The normalized spacial score (nSPS) is 10.5. The van der Waals surface area contributed by atoms with E-state index in [2.05, 4.69) is 22.8 Å². The SMILES string of the molecule is CN(Cc1ccc(F)cc1)Cc1ccc(C#CCCO)s1. The zero-order chi connectivity index (χ0) is 15.1. The molecular formula is C17H18FNOS. The van der Waals surface area contributed by atoms with Crippen LogP contribution in [0.15, 0.2) is 36.4 Å². The molecule has 0 amide bonds. The van der Waals surface area contributed by atoms with Crippen molar-refractivity contribution in [1.82, 2.24) is 4.90 Å². The first kappa shape index (κ1) is 15.7. The van der Waals surface area contributed by atoms with Crippen molar-refractivity contribution in [3.63, 3.8) is 0 Å². The maximum atomic E-state index is 12.9. The van der Waals surface area contributed by atoms with Crippen LogP contribution < -0.4 is 0 Å². The molecule has 0 saturated heterocycles. The van der Waals surface area contributed by atoms with Gasteiger partial charge < -0.3 is 5.11 Å². The Kier molecular flexibility index (Phi) is 5.94. The molecule has 0 aliphatic heterocycles. The monoisotopic (exact) mass is 303 g/mol. The molecular weight excluding hydrogens is 285 g/mol. The predicted octanol–water partition coefficient (Wildman–Crippen LogP) is 3.25. The zero-order valence-electron chi connectivity index (χ0n) is 12.0. The van der Waals surface area contributed by atoms with E-state index in [4.69, 9.17) is 5.11 Å². The van der Waals surface area contributed by atoms with Crippen LogP contribution in [0.2, 0.25) is 0 Å². The van der Waals surface area contributed by atoms with Gasteiger partial charge in [-0.25, -0.2) is 4.39 Å². The Morgan fingerprint density at radius 1 is 1.14 bits per heavy atom. The van der Waals surface area contributed by atoms with Gasteiger partial charge in [-0.15, -0.1) is 11.3 Å². The highest BCUT2D eigenvalue weighted by atomic mass is 32.1. The van der Waals surface area contributed by atoms with E-state index in [0.29, 0.717) is 6.42 Å². The van der Waals surface area contributed by atoms with Gasteiger partial charge in [0.15, 0.2) is 0 Å². The van der Waals surface area contributed by atoms with Crippen LogP contribution in [0.4, 0.5) is 4.39 Å². The van der Waals surface area contributed by atoms with Crippen molar-refractivity contribution in [2.75, 3.05) is 13.7 Å². The zero-order valence-corrected chi connectivity index (χ0v) is 12.8. The number of benzene rings is 1. The van der Waals surface area contributed by atoms with Gasteiger partial charge in [-0.1, -0.05) is 24.0 Å². The lowest BCUT2D eigenvalue weighted by atomic mass is 10.2. The fourth-order valence-corrected chi connectivity index (χ4v) is 2.92. The van der Waals surface area contributed by atoms with Crippen LogP contribution in [0.5, 0.6) is 0 Å². The highest BCUT2D eigenvalue weighted by Crippen LogP contribution is 2.18. The molecule has 0 fully saturated rings. The van der Waals surface area contributed by atoms with Gasteiger partial charge in [0.1, 0.15) is 5.82 Å². The fraction of sp³-hybridized carbons (Fsp3) is 0.294. The Balaban J connectivity index is 1.89. The van der Waals surface area contributed by atoms with Crippen molar-refractivity contribution in [2.24, 2.45) is 0 Å². The molecule has 1 aromatic heterocycles. The Labute approximate surface area is 128 Å². The molecule has 4 heteroatoms. The van der Waals surface area contributed by atoms with Gasteiger partial charge >= 0.3 is 0 Å². The van der Waals surface area contributed by atoms with Crippen molar-refractivity contribution >= 4 is 11.3 Å². The lowest BCUT2D eigenvalue weighted by Crippen LogP contribution is -2.16. The topological polar surface area (TPSA) is 23.5 Å². The molecule has 1 N–H and O–H groups in total. The van der Waals surface area contributed by atoms with Gasteiger partial charge in [0.05, 0.1) is 11.5 Å². The largest absolute Gasteiger partial charge is 0.395 e. The Hall–Kier alpha value is -1.67. The Bertz CT molecular complexity index is 624. The molecule has 21 heavy (non-hydrogen) atoms. The lowest BCUT2D eigenvalue weighted by Gasteiger charge is -2.15. The van der Waals surface area contributed by atoms with Crippen molar-refractivity contribution in [2.45, 2.75) is 19.5 Å². The van der Waals surface area contributed by atoms with E-state index >= 15 is 0 Å². The molecule has 0 bridgehead atoms. The molecule has 2 aromatic rings. The second kappa shape index (κ2) is 7.94. The smallest absolute Gasteiger partial charge is 0.123 e. The predicted molar refractivity (Wildman–Crippen MR) is 84.5 cm³/mol. The van der Waals surface area contributed by atoms with E-state index in [1.165, 1.54) is 17.0 Å². The van der Waals surface area contributed by atoms with E-state index in [1.54, 1.807) is 11.3 Å². The van der Waals surface area contributed by atoms with Crippen LogP contribution in [-0.2, 0) is 13.1 Å². The number of hydrogen-bond donors (Lipinski definition) is 1. The van der Waals surface area contributed by atoms with Crippen molar-refractivity contribution in [3.8, 4) is 11.8 Å². The number of aliphatic hydroxyl groups excluding tert-OH is 1. The fourth-order valence-electron chi connectivity index (χ4n) is 1.96. The Morgan fingerprint density at radius 2 is 1.90 bits per heavy atom. The number of hydrogen-bond acceptors (Lipinski definition) is 3. The van der Waals surface area contributed by atoms with Crippen molar-refractivity contribution in [1.29, 1.82) is 0 Å². The lowest BCUT2D eigenvalue weighted by molar-refractivity contribution is 0.305. The first-order valence-corrected chi connectivity index (χ1v) is 7.60. The van der Waals surface area contributed by atoms with Gasteiger partial charge in [-0.2, -0.15) is 0 Å². The van der Waals surface area contributed by atoms with Crippen LogP contribution in [0.3, 0.4) is 0 Å². The molecule has 2 rings (SSSR count). The average molecular weight is 303 g/mol. The number of rotatable bonds is 5. The number of halogens is 1. The molecule has 0 unspecified atom stereocenters. The van der Waals surface area contributed by atoms with Crippen LogP contribution >= 0.6 is 11.3 Å². The molecule has 0 radical (unpaired) electrons. The van der Waals surface area contributed by atoms with Gasteiger partial charge in [-0.3, -0.25) is 4.90 Å². The minimum absolute atomic E-state index is 0.103. The molecule has 0 atom stereocenters. The third-order valence-electron chi connectivity index (χ3n) is 2.90. The van der Waals surface area contributed by atoms with Crippen LogP contribution in [0.25, 0.3) is 0 Å². The van der Waals surface area contributed by atoms with Gasteiger partial charge in [-0.05, 0) is 36.9 Å². The molecule has 1 heterocycles. The number of nitrogens with zero attached hydrogens (tertiary/aromatic N) is 1. The quantitative estimate of drug-likeness (QED) is 0.857. The summed E-state index contributed by atoms with van der Waals surface area (Å²) in [6.45, 7) is 1.72. The van der Waals surface area contributed by atoms with E-state index in [0.717, 1.165) is 23.5 Å². The van der Waals surface area contributed by atoms with Crippen molar-refractivity contribution in [3.05, 3.63) is 57.5 Å². The second-order valence-corrected chi connectivity index (χ2v) is 6.01. The van der Waals surface area contributed by atoms with Crippen LogP contribution in [0.1, 0.15) is 21.7 Å².